The van der Waals surface area contributed by atoms with E-state index in [-0.39, 0.29) is 5.78 Å². The number of thiol groups is 1. The minimum absolute atomic E-state index is 0.198. The summed E-state index contributed by atoms with van der Waals surface area (Å²) < 4.78 is 0. The molecule has 21 heavy (non-hydrogen) atoms. The summed E-state index contributed by atoms with van der Waals surface area (Å²) in [7, 11) is 0. The molecule has 1 heterocycles. The molecule has 2 nitrogen and oxygen atoms in total. The van der Waals surface area contributed by atoms with E-state index in [9.17, 15) is 4.79 Å². The first-order valence-electron chi connectivity index (χ1n) is 6.84. The minimum atomic E-state index is 0.198. The van der Waals surface area contributed by atoms with Crippen LogP contribution in [0.2, 0.25) is 0 Å². The summed E-state index contributed by atoms with van der Waals surface area (Å²) in [6.07, 6.45) is 2.64. The number of aromatic nitrogens is 1. The molecule has 0 aliphatic carbocycles. The van der Waals surface area contributed by atoms with E-state index in [0.717, 1.165) is 26.9 Å². The zero-order valence-electron chi connectivity index (χ0n) is 11.5. The van der Waals surface area contributed by atoms with Crippen molar-refractivity contribution >= 4 is 29.3 Å². The SMILES string of the molecule is O=C(Cc1ccccc1)Cc1cnc2c(S)cccc2c1. The third-order valence-electron chi connectivity index (χ3n) is 3.39. The second-order valence-corrected chi connectivity index (χ2v) is 5.55. The van der Waals surface area contributed by atoms with Crippen LogP contribution in [0.25, 0.3) is 10.9 Å². The van der Waals surface area contributed by atoms with E-state index in [1.54, 1.807) is 6.20 Å². The van der Waals surface area contributed by atoms with E-state index in [0.29, 0.717) is 12.8 Å². The predicted molar refractivity (Wildman–Crippen MR) is 87.9 cm³/mol. The monoisotopic (exact) mass is 293 g/mol. The molecular formula is C18H15NOS. The van der Waals surface area contributed by atoms with Gasteiger partial charge < -0.3 is 0 Å². The van der Waals surface area contributed by atoms with Crippen LogP contribution in [0.1, 0.15) is 11.1 Å². The van der Waals surface area contributed by atoms with Gasteiger partial charge in [0.15, 0.2) is 0 Å². The second kappa shape index (κ2) is 6.10. The maximum absolute atomic E-state index is 12.1. The molecule has 3 rings (SSSR count). The lowest BCUT2D eigenvalue weighted by Gasteiger charge is -2.05. The van der Waals surface area contributed by atoms with Crippen molar-refractivity contribution < 1.29 is 4.79 Å². The van der Waals surface area contributed by atoms with Crippen LogP contribution in [0, 0.1) is 0 Å². The quantitative estimate of drug-likeness (QED) is 0.740. The van der Waals surface area contributed by atoms with E-state index in [2.05, 4.69) is 17.6 Å². The summed E-state index contributed by atoms with van der Waals surface area (Å²) in [6.45, 7) is 0. The van der Waals surface area contributed by atoms with Gasteiger partial charge in [-0.2, -0.15) is 0 Å². The van der Waals surface area contributed by atoms with Gasteiger partial charge in [-0.1, -0.05) is 42.5 Å². The first-order chi connectivity index (χ1) is 10.2. The van der Waals surface area contributed by atoms with Crippen molar-refractivity contribution in [1.82, 2.24) is 4.98 Å². The standard InChI is InChI=1S/C18H15NOS/c20-16(10-13-5-2-1-3-6-13)11-14-9-15-7-4-8-17(21)18(15)19-12-14/h1-9,12,21H,10-11H2. The molecule has 0 aliphatic heterocycles. The van der Waals surface area contributed by atoms with Gasteiger partial charge in [0.05, 0.1) is 5.52 Å². The molecule has 3 aromatic rings. The smallest absolute Gasteiger partial charge is 0.141 e. The van der Waals surface area contributed by atoms with E-state index in [1.807, 2.05) is 54.6 Å². The number of hydrogen-bond acceptors (Lipinski definition) is 3. The summed E-state index contributed by atoms with van der Waals surface area (Å²) in [5, 5.41) is 1.02. The second-order valence-electron chi connectivity index (χ2n) is 5.07. The summed E-state index contributed by atoms with van der Waals surface area (Å²) >= 11 is 4.39. The molecule has 104 valence electrons. The molecule has 3 heteroatoms. The first kappa shape index (κ1) is 13.8. The maximum atomic E-state index is 12.1. The topological polar surface area (TPSA) is 30.0 Å². The molecule has 0 fully saturated rings. The number of Topliss-reactive ketones (excluding diaryl/α,β-unsaturated/α-hetero) is 1. The van der Waals surface area contributed by atoms with Gasteiger partial charge in [0.1, 0.15) is 5.78 Å². The molecule has 0 radical (unpaired) electrons. The zero-order chi connectivity index (χ0) is 14.7. The summed E-state index contributed by atoms with van der Waals surface area (Å²) in [5.41, 5.74) is 2.87. The average molecular weight is 293 g/mol. The van der Waals surface area contributed by atoms with Crippen LogP contribution >= 0.6 is 12.6 Å². The van der Waals surface area contributed by atoms with Crippen molar-refractivity contribution in [1.29, 1.82) is 0 Å². The van der Waals surface area contributed by atoms with Crippen LogP contribution in [-0.4, -0.2) is 10.8 Å². The van der Waals surface area contributed by atoms with E-state index in [1.165, 1.54) is 0 Å². The minimum Gasteiger partial charge on any atom is -0.299 e. The number of pyridine rings is 1. The predicted octanol–water partition coefficient (Wildman–Crippen LogP) is 3.88. The molecular weight excluding hydrogens is 278 g/mol. The number of ketones is 1. The number of para-hydroxylation sites is 1. The molecule has 0 atom stereocenters. The molecule has 0 bridgehead atoms. The Balaban J connectivity index is 1.77. The molecule has 0 N–H and O–H groups in total. The Labute approximate surface area is 129 Å². The lowest BCUT2D eigenvalue weighted by Crippen LogP contribution is -2.06. The van der Waals surface area contributed by atoms with Crippen molar-refractivity contribution in [3.05, 3.63) is 71.9 Å². The van der Waals surface area contributed by atoms with Gasteiger partial charge in [0.25, 0.3) is 0 Å². The van der Waals surface area contributed by atoms with Crippen molar-refractivity contribution in [2.75, 3.05) is 0 Å². The molecule has 0 aliphatic rings. The van der Waals surface area contributed by atoms with E-state index < -0.39 is 0 Å². The molecule has 0 saturated carbocycles. The fourth-order valence-corrected chi connectivity index (χ4v) is 2.67. The number of carbonyl (C=O) groups is 1. The first-order valence-corrected chi connectivity index (χ1v) is 7.29. The van der Waals surface area contributed by atoms with Crippen LogP contribution < -0.4 is 0 Å². The number of rotatable bonds is 4. The molecule has 1 aromatic heterocycles. The summed E-state index contributed by atoms with van der Waals surface area (Å²) in [5.74, 6) is 0.198. The maximum Gasteiger partial charge on any atom is 0.141 e. The lowest BCUT2D eigenvalue weighted by molar-refractivity contribution is -0.117. The average Bonchev–Trinajstić information content (AvgIpc) is 2.48. The molecule has 0 spiro atoms. The number of nitrogens with zero attached hydrogens (tertiary/aromatic N) is 1. The number of carbonyl (C=O) groups excluding carboxylic acids is 1. The Morgan fingerprint density at radius 1 is 0.952 bits per heavy atom. The van der Waals surface area contributed by atoms with Crippen molar-refractivity contribution in [2.24, 2.45) is 0 Å². The van der Waals surface area contributed by atoms with Crippen LogP contribution in [0.5, 0.6) is 0 Å². The van der Waals surface area contributed by atoms with Crippen LogP contribution in [0.15, 0.2) is 65.7 Å². The lowest BCUT2D eigenvalue weighted by atomic mass is 10.0. The highest BCUT2D eigenvalue weighted by Crippen LogP contribution is 2.20. The Kier molecular flexibility index (Phi) is 4.02. The molecule has 2 aromatic carbocycles. The molecule has 0 saturated heterocycles. The van der Waals surface area contributed by atoms with Gasteiger partial charge in [-0.3, -0.25) is 9.78 Å². The largest absolute Gasteiger partial charge is 0.299 e. The van der Waals surface area contributed by atoms with Crippen LogP contribution in [-0.2, 0) is 17.6 Å². The third-order valence-corrected chi connectivity index (χ3v) is 3.75. The Hall–Kier alpha value is -2.13. The van der Waals surface area contributed by atoms with Gasteiger partial charge >= 0.3 is 0 Å². The van der Waals surface area contributed by atoms with Crippen LogP contribution in [0.4, 0.5) is 0 Å². The van der Waals surface area contributed by atoms with Gasteiger partial charge in [0, 0.05) is 29.3 Å². The van der Waals surface area contributed by atoms with Gasteiger partial charge in [-0.15, -0.1) is 12.6 Å². The van der Waals surface area contributed by atoms with Gasteiger partial charge in [0.2, 0.25) is 0 Å². The molecule has 0 unspecified atom stereocenters. The Bertz CT molecular complexity index is 784. The van der Waals surface area contributed by atoms with Crippen molar-refractivity contribution in [3.8, 4) is 0 Å². The Morgan fingerprint density at radius 2 is 1.71 bits per heavy atom. The Morgan fingerprint density at radius 3 is 2.52 bits per heavy atom. The number of hydrogen-bond donors (Lipinski definition) is 1. The normalized spacial score (nSPS) is 10.7. The van der Waals surface area contributed by atoms with Crippen LogP contribution in [0.3, 0.4) is 0 Å². The fourth-order valence-electron chi connectivity index (χ4n) is 2.40. The fraction of sp³-hybridized carbons (Fsp3) is 0.111. The van der Waals surface area contributed by atoms with E-state index in [4.69, 9.17) is 0 Å². The highest BCUT2D eigenvalue weighted by Gasteiger charge is 2.07. The van der Waals surface area contributed by atoms with Crippen molar-refractivity contribution in [2.45, 2.75) is 17.7 Å². The van der Waals surface area contributed by atoms with E-state index >= 15 is 0 Å². The number of benzene rings is 2. The summed E-state index contributed by atoms with van der Waals surface area (Å²) in [4.78, 5) is 17.4. The molecule has 0 amide bonds. The van der Waals surface area contributed by atoms with Crippen molar-refractivity contribution in [3.63, 3.8) is 0 Å². The number of fused-ring (bicyclic) bond motifs is 1. The van der Waals surface area contributed by atoms with Gasteiger partial charge in [-0.25, -0.2) is 0 Å². The highest BCUT2D eigenvalue weighted by atomic mass is 32.1. The van der Waals surface area contributed by atoms with Gasteiger partial charge in [-0.05, 0) is 23.3 Å². The summed E-state index contributed by atoms with van der Waals surface area (Å²) in [6, 6.07) is 17.7. The zero-order valence-corrected chi connectivity index (χ0v) is 12.4. The third kappa shape index (κ3) is 3.31. The highest BCUT2D eigenvalue weighted by molar-refractivity contribution is 7.80.